The SMILES string of the molecule is Sc1cc(N(c2ccccc2)c2ccc3c(c2)Sc2ccccc2S3)cc(N(c2ccc3c(c2)Oc2ccccc2O3)c2ccc3c(c2)Sc2ccccc2S3)c1-c1ccccc1. The predicted octanol–water partition coefficient (Wildman–Crippen LogP) is 17.7. The van der Waals surface area contributed by atoms with Crippen LogP contribution in [-0.4, -0.2) is 0 Å². The van der Waals surface area contributed by atoms with Crippen LogP contribution >= 0.6 is 59.7 Å². The number of anilines is 6. The highest BCUT2D eigenvalue weighted by Gasteiger charge is 2.28. The van der Waals surface area contributed by atoms with E-state index in [1.165, 1.54) is 39.2 Å². The quantitative estimate of drug-likeness (QED) is 0.158. The lowest BCUT2D eigenvalue weighted by atomic mass is 10.00. The molecule has 302 valence electrons. The third kappa shape index (κ3) is 7.24. The fourth-order valence-corrected chi connectivity index (χ4v) is 13.1. The molecule has 3 aliphatic heterocycles. The summed E-state index contributed by atoms with van der Waals surface area (Å²) in [6, 6.07) is 70.6. The maximum absolute atomic E-state index is 6.57. The molecule has 4 nitrogen and oxygen atoms in total. The summed E-state index contributed by atoms with van der Waals surface area (Å²) in [6.45, 7) is 0. The molecule has 0 saturated heterocycles. The third-order valence-corrected chi connectivity index (χ3v) is 16.5. The first-order chi connectivity index (χ1) is 31.1. The maximum atomic E-state index is 6.57. The third-order valence-electron chi connectivity index (χ3n) is 11.1. The summed E-state index contributed by atoms with van der Waals surface area (Å²) in [7, 11) is 0. The second-order valence-electron chi connectivity index (χ2n) is 15.1. The molecule has 0 bridgehead atoms. The van der Waals surface area contributed by atoms with Crippen molar-refractivity contribution >= 4 is 93.8 Å². The topological polar surface area (TPSA) is 24.9 Å². The Balaban J connectivity index is 1.07. The van der Waals surface area contributed by atoms with Crippen molar-refractivity contribution in [1.82, 2.24) is 0 Å². The van der Waals surface area contributed by atoms with Crippen LogP contribution in [0.4, 0.5) is 34.1 Å². The van der Waals surface area contributed by atoms with Crippen LogP contribution < -0.4 is 19.3 Å². The summed E-state index contributed by atoms with van der Waals surface area (Å²) in [5.74, 6) is 2.69. The molecule has 63 heavy (non-hydrogen) atoms. The first-order valence-electron chi connectivity index (χ1n) is 20.4. The Morgan fingerprint density at radius 1 is 0.317 bits per heavy atom. The van der Waals surface area contributed by atoms with Gasteiger partial charge in [0.25, 0.3) is 0 Å². The number of benzene rings is 9. The van der Waals surface area contributed by atoms with Crippen LogP contribution in [0.3, 0.4) is 0 Å². The molecule has 0 aliphatic carbocycles. The van der Waals surface area contributed by atoms with E-state index >= 15 is 0 Å². The number of hydrogen-bond donors (Lipinski definition) is 1. The average Bonchev–Trinajstić information content (AvgIpc) is 3.32. The minimum absolute atomic E-state index is 0.647. The Kier molecular flexibility index (Phi) is 9.95. The summed E-state index contributed by atoms with van der Waals surface area (Å²) in [5, 5.41) is 0. The molecule has 12 rings (SSSR count). The number of hydrogen-bond acceptors (Lipinski definition) is 9. The van der Waals surface area contributed by atoms with Crippen molar-refractivity contribution in [1.29, 1.82) is 0 Å². The van der Waals surface area contributed by atoms with Gasteiger partial charge in [-0.1, -0.05) is 132 Å². The minimum Gasteiger partial charge on any atom is -0.450 e. The molecule has 0 spiro atoms. The number of ether oxygens (including phenoxy) is 2. The van der Waals surface area contributed by atoms with Gasteiger partial charge in [0.15, 0.2) is 23.0 Å². The average molecular weight is 903 g/mol. The Labute approximate surface area is 388 Å². The highest BCUT2D eigenvalue weighted by molar-refractivity contribution is 8.05. The van der Waals surface area contributed by atoms with Crippen LogP contribution in [0, 0.1) is 0 Å². The molecular weight excluding hydrogens is 869 g/mol. The fraction of sp³-hybridized carbons (Fsp3) is 0. The van der Waals surface area contributed by atoms with Gasteiger partial charge in [-0.15, -0.1) is 12.6 Å². The van der Waals surface area contributed by atoms with Gasteiger partial charge in [-0.3, -0.25) is 0 Å². The first-order valence-corrected chi connectivity index (χ1v) is 24.2. The molecule has 0 atom stereocenters. The molecule has 9 aromatic carbocycles. The van der Waals surface area contributed by atoms with Crippen LogP contribution in [0.5, 0.6) is 23.0 Å². The molecule has 3 aliphatic rings. The van der Waals surface area contributed by atoms with Crippen molar-refractivity contribution in [3.8, 4) is 34.1 Å². The van der Waals surface area contributed by atoms with Crippen LogP contribution in [0.25, 0.3) is 11.1 Å². The number of nitrogens with zero attached hydrogens (tertiary/aromatic N) is 2. The summed E-state index contributed by atoms with van der Waals surface area (Å²) in [6.07, 6.45) is 0. The normalized spacial score (nSPS) is 12.8. The zero-order valence-corrected chi connectivity index (χ0v) is 37.5. The second-order valence-corrected chi connectivity index (χ2v) is 19.9. The molecule has 9 aromatic rings. The van der Waals surface area contributed by atoms with Crippen molar-refractivity contribution in [2.24, 2.45) is 0 Å². The Morgan fingerprint density at radius 2 is 0.762 bits per heavy atom. The summed E-state index contributed by atoms with van der Waals surface area (Å²) >= 11 is 12.7. The van der Waals surface area contributed by atoms with Gasteiger partial charge < -0.3 is 19.3 Å². The van der Waals surface area contributed by atoms with Gasteiger partial charge in [-0.25, -0.2) is 0 Å². The monoisotopic (exact) mass is 902 g/mol. The van der Waals surface area contributed by atoms with E-state index < -0.39 is 0 Å². The zero-order valence-electron chi connectivity index (χ0n) is 33.3. The summed E-state index contributed by atoms with van der Waals surface area (Å²) in [5.41, 5.74) is 8.04. The molecular formula is C54H34N2O2S5. The minimum atomic E-state index is 0.647. The van der Waals surface area contributed by atoms with Crippen LogP contribution in [0.15, 0.2) is 244 Å². The standard InChI is InChI=1S/C54H34N2O2S5/c59-45-31-39(55(35-15-5-2-6-16-35)37-24-27-50-52(32-37)62-48-21-11-9-19-46(48)60-50)29-40(54(45)34-13-3-1-4-14-34)56(36-23-26-43-44(30-36)58-42-18-8-7-17-41(42)57-43)38-25-28-51-53(33-38)63-49-22-12-10-20-47(49)61-51/h1-33,59H. The molecule has 3 heterocycles. The maximum Gasteiger partial charge on any atom is 0.172 e. The van der Waals surface area contributed by atoms with Gasteiger partial charge in [-0.05, 0) is 115 Å². The van der Waals surface area contributed by atoms with Crippen LogP contribution in [-0.2, 0) is 0 Å². The number of para-hydroxylation sites is 3. The van der Waals surface area contributed by atoms with E-state index in [-0.39, 0.29) is 0 Å². The highest BCUT2D eigenvalue weighted by Crippen LogP contribution is 2.55. The lowest BCUT2D eigenvalue weighted by molar-refractivity contribution is 0.360. The largest absolute Gasteiger partial charge is 0.450 e. The lowest BCUT2D eigenvalue weighted by Crippen LogP contribution is -2.15. The molecule has 0 fully saturated rings. The molecule has 0 radical (unpaired) electrons. The van der Waals surface area contributed by atoms with E-state index in [0.29, 0.717) is 23.0 Å². The van der Waals surface area contributed by atoms with Crippen molar-refractivity contribution in [3.05, 3.63) is 200 Å². The second kappa shape index (κ2) is 16.2. The summed E-state index contributed by atoms with van der Waals surface area (Å²) in [4.78, 5) is 15.5. The fourth-order valence-electron chi connectivity index (χ4n) is 8.22. The van der Waals surface area contributed by atoms with Gasteiger partial charge >= 0.3 is 0 Å². The molecule has 9 heteroatoms. The Morgan fingerprint density at radius 3 is 1.37 bits per heavy atom. The van der Waals surface area contributed by atoms with E-state index in [1.54, 1.807) is 0 Å². The van der Waals surface area contributed by atoms with Crippen LogP contribution in [0.2, 0.25) is 0 Å². The van der Waals surface area contributed by atoms with E-state index in [1.807, 2.05) is 77.4 Å². The van der Waals surface area contributed by atoms with Gasteiger partial charge in [0.2, 0.25) is 0 Å². The lowest BCUT2D eigenvalue weighted by Gasteiger charge is -2.33. The van der Waals surface area contributed by atoms with Crippen molar-refractivity contribution in [3.63, 3.8) is 0 Å². The van der Waals surface area contributed by atoms with E-state index in [4.69, 9.17) is 22.1 Å². The molecule has 0 amide bonds. The van der Waals surface area contributed by atoms with E-state index in [9.17, 15) is 0 Å². The smallest absolute Gasteiger partial charge is 0.172 e. The summed E-state index contributed by atoms with van der Waals surface area (Å²) < 4.78 is 12.9. The molecule has 0 aromatic heterocycles. The predicted molar refractivity (Wildman–Crippen MR) is 264 cm³/mol. The van der Waals surface area contributed by atoms with Gasteiger partial charge in [0.05, 0.1) is 11.4 Å². The van der Waals surface area contributed by atoms with E-state index in [2.05, 4.69) is 180 Å². The number of fused-ring (bicyclic) bond motifs is 6. The molecule has 0 saturated carbocycles. The van der Waals surface area contributed by atoms with Crippen molar-refractivity contribution in [2.75, 3.05) is 9.80 Å². The highest BCUT2D eigenvalue weighted by atomic mass is 32.2. The first kappa shape index (κ1) is 38.6. The van der Waals surface area contributed by atoms with Gasteiger partial charge in [0, 0.05) is 78.4 Å². The van der Waals surface area contributed by atoms with Crippen molar-refractivity contribution < 1.29 is 9.47 Å². The number of rotatable bonds is 7. The van der Waals surface area contributed by atoms with Crippen LogP contribution in [0.1, 0.15) is 0 Å². The number of thiol groups is 1. The van der Waals surface area contributed by atoms with E-state index in [0.717, 1.165) is 50.1 Å². The Bertz CT molecular complexity index is 3140. The van der Waals surface area contributed by atoms with Gasteiger partial charge in [-0.2, -0.15) is 0 Å². The Hall–Kier alpha value is -6.07. The van der Waals surface area contributed by atoms with Crippen molar-refractivity contribution in [2.45, 2.75) is 44.1 Å². The zero-order chi connectivity index (χ0) is 41.9. The van der Waals surface area contributed by atoms with Gasteiger partial charge in [0.1, 0.15) is 0 Å². The molecule has 0 N–H and O–H groups in total. The molecule has 0 unspecified atom stereocenters.